The fourth-order valence-corrected chi connectivity index (χ4v) is 3.48. The predicted molar refractivity (Wildman–Crippen MR) is 87.2 cm³/mol. The first-order valence-electron chi connectivity index (χ1n) is 8.17. The van der Waals surface area contributed by atoms with Crippen LogP contribution in [-0.2, 0) is 11.2 Å². The van der Waals surface area contributed by atoms with Gasteiger partial charge in [0.25, 0.3) is 0 Å². The molecule has 0 aliphatic carbocycles. The van der Waals surface area contributed by atoms with Crippen molar-refractivity contribution in [1.29, 1.82) is 0 Å². The minimum absolute atomic E-state index is 0.0780. The first kappa shape index (κ1) is 16.9. The molecule has 0 unspecified atom stereocenters. The quantitative estimate of drug-likeness (QED) is 0.834. The van der Waals surface area contributed by atoms with Gasteiger partial charge in [-0.1, -0.05) is 12.1 Å². The summed E-state index contributed by atoms with van der Waals surface area (Å²) >= 11 is 0. The van der Waals surface area contributed by atoms with Gasteiger partial charge in [0.1, 0.15) is 5.82 Å². The molecular weight excluding hydrogens is 279 g/mol. The highest BCUT2D eigenvalue weighted by atomic mass is 19.1. The molecule has 1 aliphatic heterocycles. The number of carbonyl (C=O) groups is 1. The van der Waals surface area contributed by atoms with Gasteiger partial charge in [0.2, 0.25) is 5.91 Å². The van der Waals surface area contributed by atoms with Crippen molar-refractivity contribution in [2.45, 2.75) is 58.2 Å². The Bertz CT molecular complexity index is 492. The summed E-state index contributed by atoms with van der Waals surface area (Å²) in [6.07, 6.45) is 3.08. The molecule has 3 atom stereocenters. The van der Waals surface area contributed by atoms with E-state index in [-0.39, 0.29) is 17.8 Å². The molecule has 3 nitrogen and oxygen atoms in total. The molecule has 2 rings (SSSR count). The topological polar surface area (TPSA) is 23.6 Å². The Morgan fingerprint density at radius 2 is 1.82 bits per heavy atom. The van der Waals surface area contributed by atoms with E-state index in [1.807, 2.05) is 14.0 Å². The standard InChI is InChI=1S/C18H27FN2O/c1-13-5-6-14(2)21(13)15(3)18(22)20(4)12-11-16-7-9-17(19)10-8-16/h7-10,13-15H,5-6,11-12H2,1-4H3/t13-,14-,15+/m1/s1. The zero-order valence-electron chi connectivity index (χ0n) is 14.1. The van der Waals surface area contributed by atoms with Crippen molar-refractivity contribution in [2.24, 2.45) is 0 Å². The summed E-state index contributed by atoms with van der Waals surface area (Å²) in [6.45, 7) is 7.07. The fourth-order valence-electron chi connectivity index (χ4n) is 3.48. The predicted octanol–water partition coefficient (Wildman–Crippen LogP) is 3.09. The van der Waals surface area contributed by atoms with Gasteiger partial charge in [-0.15, -0.1) is 0 Å². The van der Waals surface area contributed by atoms with Crippen molar-refractivity contribution >= 4 is 5.91 Å². The number of hydrogen-bond donors (Lipinski definition) is 0. The summed E-state index contributed by atoms with van der Waals surface area (Å²) in [5, 5.41) is 0. The summed E-state index contributed by atoms with van der Waals surface area (Å²) < 4.78 is 12.9. The van der Waals surface area contributed by atoms with Crippen LogP contribution in [0.4, 0.5) is 4.39 Å². The van der Waals surface area contributed by atoms with Crippen LogP contribution < -0.4 is 0 Å². The van der Waals surface area contributed by atoms with Crippen molar-refractivity contribution in [2.75, 3.05) is 13.6 Å². The maximum absolute atomic E-state index is 12.9. The van der Waals surface area contributed by atoms with E-state index in [4.69, 9.17) is 0 Å². The molecule has 4 heteroatoms. The van der Waals surface area contributed by atoms with Crippen LogP contribution >= 0.6 is 0 Å². The van der Waals surface area contributed by atoms with E-state index in [9.17, 15) is 9.18 Å². The number of likely N-dealkylation sites (N-methyl/N-ethyl adjacent to an activating group) is 1. The monoisotopic (exact) mass is 306 g/mol. The van der Waals surface area contributed by atoms with Crippen LogP contribution in [0.15, 0.2) is 24.3 Å². The van der Waals surface area contributed by atoms with E-state index in [0.29, 0.717) is 18.6 Å². The zero-order valence-corrected chi connectivity index (χ0v) is 14.1. The third-order valence-electron chi connectivity index (χ3n) is 4.85. The first-order valence-corrected chi connectivity index (χ1v) is 8.17. The molecule has 1 aromatic carbocycles. The second-order valence-electron chi connectivity index (χ2n) is 6.53. The van der Waals surface area contributed by atoms with Crippen molar-refractivity contribution in [1.82, 2.24) is 9.80 Å². The highest BCUT2D eigenvalue weighted by molar-refractivity contribution is 5.81. The average molecular weight is 306 g/mol. The van der Waals surface area contributed by atoms with Crippen LogP contribution in [-0.4, -0.2) is 47.4 Å². The van der Waals surface area contributed by atoms with Crippen molar-refractivity contribution < 1.29 is 9.18 Å². The molecule has 0 radical (unpaired) electrons. The van der Waals surface area contributed by atoms with Crippen molar-refractivity contribution in [3.05, 3.63) is 35.6 Å². The molecule has 1 fully saturated rings. The zero-order chi connectivity index (χ0) is 16.3. The highest BCUT2D eigenvalue weighted by Crippen LogP contribution is 2.26. The van der Waals surface area contributed by atoms with Crippen LogP contribution in [0.25, 0.3) is 0 Å². The number of likely N-dealkylation sites (tertiary alicyclic amines) is 1. The van der Waals surface area contributed by atoms with Gasteiger partial charge in [-0.2, -0.15) is 0 Å². The Kier molecular flexibility index (Phi) is 5.57. The van der Waals surface area contributed by atoms with Gasteiger partial charge in [-0.3, -0.25) is 9.69 Å². The molecule has 22 heavy (non-hydrogen) atoms. The van der Waals surface area contributed by atoms with Crippen LogP contribution in [0.5, 0.6) is 0 Å². The lowest BCUT2D eigenvalue weighted by atomic mass is 10.1. The Hall–Kier alpha value is -1.42. The first-order chi connectivity index (χ1) is 10.4. The molecule has 1 amide bonds. The molecule has 122 valence electrons. The molecule has 0 saturated carbocycles. The maximum atomic E-state index is 12.9. The number of rotatable bonds is 5. The molecule has 1 aliphatic rings. The van der Waals surface area contributed by atoms with E-state index >= 15 is 0 Å². The Morgan fingerprint density at radius 1 is 1.27 bits per heavy atom. The van der Waals surface area contributed by atoms with Crippen LogP contribution in [0.3, 0.4) is 0 Å². The molecular formula is C18H27FN2O. The van der Waals surface area contributed by atoms with E-state index < -0.39 is 0 Å². The lowest BCUT2D eigenvalue weighted by molar-refractivity contribution is -0.136. The van der Waals surface area contributed by atoms with E-state index in [1.54, 1.807) is 17.0 Å². The summed E-state index contributed by atoms with van der Waals surface area (Å²) in [7, 11) is 1.85. The molecule has 1 aromatic rings. The highest BCUT2D eigenvalue weighted by Gasteiger charge is 2.35. The van der Waals surface area contributed by atoms with Gasteiger partial charge in [-0.05, 0) is 57.7 Å². The Morgan fingerprint density at radius 3 is 2.36 bits per heavy atom. The minimum atomic E-state index is -0.223. The van der Waals surface area contributed by atoms with Crippen LogP contribution in [0.1, 0.15) is 39.2 Å². The number of benzene rings is 1. The Balaban J connectivity index is 1.89. The third-order valence-corrected chi connectivity index (χ3v) is 4.85. The maximum Gasteiger partial charge on any atom is 0.239 e. The van der Waals surface area contributed by atoms with Gasteiger partial charge >= 0.3 is 0 Å². The SMILES string of the molecule is C[C@@H]1CC[C@@H](C)N1[C@@H](C)C(=O)N(C)CCc1ccc(F)cc1. The second-order valence-corrected chi connectivity index (χ2v) is 6.53. The average Bonchev–Trinajstić information content (AvgIpc) is 2.84. The van der Waals surface area contributed by atoms with E-state index in [2.05, 4.69) is 18.7 Å². The largest absolute Gasteiger partial charge is 0.344 e. The Labute approximate surface area is 133 Å². The second kappa shape index (κ2) is 7.23. The van der Waals surface area contributed by atoms with Crippen molar-refractivity contribution in [3.8, 4) is 0 Å². The van der Waals surface area contributed by atoms with E-state index in [1.165, 1.54) is 12.1 Å². The number of amides is 1. The molecule has 0 bridgehead atoms. The van der Waals surface area contributed by atoms with Gasteiger partial charge in [0, 0.05) is 25.7 Å². The normalized spacial score (nSPS) is 23.5. The molecule has 0 N–H and O–H groups in total. The third kappa shape index (κ3) is 3.86. The molecule has 0 spiro atoms. The number of nitrogens with zero attached hydrogens (tertiary/aromatic N) is 2. The molecule has 1 saturated heterocycles. The number of halogens is 1. The van der Waals surface area contributed by atoms with E-state index in [0.717, 1.165) is 24.8 Å². The lowest BCUT2D eigenvalue weighted by Crippen LogP contribution is -2.49. The minimum Gasteiger partial charge on any atom is -0.344 e. The summed E-state index contributed by atoms with van der Waals surface area (Å²) in [4.78, 5) is 16.7. The summed E-state index contributed by atoms with van der Waals surface area (Å²) in [5.74, 6) is -0.0541. The number of carbonyl (C=O) groups excluding carboxylic acids is 1. The summed E-state index contributed by atoms with van der Waals surface area (Å²) in [6, 6.07) is 7.36. The van der Waals surface area contributed by atoms with Gasteiger partial charge in [0.05, 0.1) is 6.04 Å². The number of hydrogen-bond acceptors (Lipinski definition) is 2. The van der Waals surface area contributed by atoms with Gasteiger partial charge in [-0.25, -0.2) is 4.39 Å². The summed E-state index contributed by atoms with van der Waals surface area (Å²) in [5.41, 5.74) is 1.05. The fraction of sp³-hybridized carbons (Fsp3) is 0.611. The van der Waals surface area contributed by atoms with Crippen LogP contribution in [0.2, 0.25) is 0 Å². The van der Waals surface area contributed by atoms with Gasteiger partial charge in [0.15, 0.2) is 0 Å². The smallest absolute Gasteiger partial charge is 0.239 e. The van der Waals surface area contributed by atoms with Crippen LogP contribution in [0, 0.1) is 5.82 Å². The lowest BCUT2D eigenvalue weighted by Gasteiger charge is -2.34. The van der Waals surface area contributed by atoms with Crippen molar-refractivity contribution in [3.63, 3.8) is 0 Å². The van der Waals surface area contributed by atoms with Gasteiger partial charge < -0.3 is 4.90 Å². The molecule has 1 heterocycles. The molecule has 0 aromatic heterocycles.